The number of aliphatic hydroxyl groups is 1. The smallest absolute Gasteiger partial charge is 0.472 e. The van der Waals surface area contributed by atoms with Crippen LogP contribution in [0.3, 0.4) is 0 Å². The number of aliphatic hydroxyl groups excluding tert-OH is 1. The molecule has 1 amide bonds. The minimum absolute atomic E-state index is 0.132. The number of amides is 1. The van der Waals surface area contributed by atoms with E-state index in [9.17, 15) is 34.1 Å². The van der Waals surface area contributed by atoms with Crippen LogP contribution in [0.2, 0.25) is 0 Å². The molecule has 0 heterocycles. The summed E-state index contributed by atoms with van der Waals surface area (Å²) in [4.78, 5) is 45.7. The number of carboxylic acid groups (broad SMARTS) is 1. The number of allylic oxidation sites excluding steroid dienone is 8. The number of carboxylic acids is 1. The fourth-order valence-electron chi connectivity index (χ4n) is 5.03. The fraction of sp³-hybridized carbons (Fsp3) is 0.725. The molecule has 12 heteroatoms. The Labute approximate surface area is 314 Å². The standard InChI is InChI=1S/C40H70NO10P/c1-3-5-7-9-11-13-15-17-18-20-21-23-25-27-29-31-38(43)41-37(40(45)46)35-51-52(47,48)50-34-36(42)33-49-39(44)32-30-28-26-24-22-19-16-14-12-10-8-6-4-2/h6,8,12,14,17-19,22,36-37,42H,3-5,7,9-11,13,15-16,20-21,23-35H2,1-2H3,(H,41,43)(H,45,46)(H,47,48)/b8-6-,14-12-,18-17-,22-19-. The predicted molar refractivity (Wildman–Crippen MR) is 208 cm³/mol. The number of phosphoric ester groups is 1. The van der Waals surface area contributed by atoms with Crippen LogP contribution in [0.15, 0.2) is 48.6 Å². The second-order valence-electron chi connectivity index (χ2n) is 13.1. The zero-order chi connectivity index (χ0) is 38.5. The van der Waals surface area contributed by atoms with E-state index in [2.05, 4.69) is 67.8 Å². The zero-order valence-corrected chi connectivity index (χ0v) is 33.0. The average molecular weight is 756 g/mol. The second-order valence-corrected chi connectivity index (χ2v) is 14.5. The highest BCUT2D eigenvalue weighted by Crippen LogP contribution is 2.43. The molecule has 3 atom stereocenters. The lowest BCUT2D eigenvalue weighted by atomic mass is 10.1. The Morgan fingerprint density at radius 1 is 0.635 bits per heavy atom. The van der Waals surface area contributed by atoms with Crippen LogP contribution in [0.5, 0.6) is 0 Å². The van der Waals surface area contributed by atoms with Gasteiger partial charge >= 0.3 is 19.8 Å². The Hall–Kier alpha value is -2.56. The summed E-state index contributed by atoms with van der Waals surface area (Å²) in [6.45, 7) is 2.41. The van der Waals surface area contributed by atoms with Crippen LogP contribution in [0.1, 0.15) is 155 Å². The van der Waals surface area contributed by atoms with Gasteiger partial charge < -0.3 is 25.2 Å². The Bertz CT molecular complexity index is 1070. The van der Waals surface area contributed by atoms with Crippen LogP contribution in [0.25, 0.3) is 0 Å². The first-order chi connectivity index (χ1) is 25.1. The van der Waals surface area contributed by atoms with Gasteiger partial charge in [-0.15, -0.1) is 0 Å². The Kier molecular flexibility index (Phi) is 33.7. The molecule has 0 spiro atoms. The normalized spacial score (nSPS) is 14.4. The van der Waals surface area contributed by atoms with Crippen molar-refractivity contribution >= 4 is 25.7 Å². The van der Waals surface area contributed by atoms with Gasteiger partial charge in [-0.2, -0.15) is 0 Å². The van der Waals surface area contributed by atoms with Gasteiger partial charge in [0.15, 0.2) is 6.04 Å². The van der Waals surface area contributed by atoms with Gasteiger partial charge in [-0.25, -0.2) is 9.36 Å². The number of nitrogens with one attached hydrogen (secondary N) is 1. The van der Waals surface area contributed by atoms with E-state index in [4.69, 9.17) is 13.8 Å². The highest BCUT2D eigenvalue weighted by atomic mass is 31.2. The molecule has 11 nitrogen and oxygen atoms in total. The molecule has 0 aromatic carbocycles. The summed E-state index contributed by atoms with van der Waals surface area (Å²) in [5, 5.41) is 21.7. The molecule has 0 fully saturated rings. The average Bonchev–Trinajstić information content (AvgIpc) is 3.11. The first-order valence-corrected chi connectivity index (χ1v) is 21.2. The van der Waals surface area contributed by atoms with Gasteiger partial charge in [-0.05, 0) is 70.6 Å². The summed E-state index contributed by atoms with van der Waals surface area (Å²) in [7, 11) is -4.76. The first kappa shape index (κ1) is 49.4. The Morgan fingerprint density at radius 2 is 1.12 bits per heavy atom. The van der Waals surface area contributed by atoms with Crippen LogP contribution in [-0.2, 0) is 32.7 Å². The molecule has 0 aliphatic carbocycles. The van der Waals surface area contributed by atoms with Crippen molar-refractivity contribution in [3.63, 3.8) is 0 Å². The maximum atomic E-state index is 12.3. The topological polar surface area (TPSA) is 169 Å². The quantitative estimate of drug-likeness (QED) is 0.0209. The van der Waals surface area contributed by atoms with Crippen molar-refractivity contribution in [1.29, 1.82) is 0 Å². The maximum absolute atomic E-state index is 12.3. The fourth-order valence-corrected chi connectivity index (χ4v) is 5.80. The Balaban J connectivity index is 4.01. The molecule has 0 aliphatic rings. The number of phosphoric acid groups is 1. The largest absolute Gasteiger partial charge is 0.480 e. The second kappa shape index (κ2) is 35.5. The molecular weight excluding hydrogens is 685 g/mol. The first-order valence-electron chi connectivity index (χ1n) is 19.7. The van der Waals surface area contributed by atoms with E-state index in [1.54, 1.807) is 0 Å². The van der Waals surface area contributed by atoms with Crippen LogP contribution in [0.4, 0.5) is 0 Å². The lowest BCUT2D eigenvalue weighted by Crippen LogP contribution is -2.43. The molecule has 0 saturated heterocycles. The molecule has 0 aromatic rings. The molecule has 52 heavy (non-hydrogen) atoms. The minimum atomic E-state index is -4.76. The van der Waals surface area contributed by atoms with Crippen molar-refractivity contribution in [3.05, 3.63) is 48.6 Å². The lowest BCUT2D eigenvalue weighted by Gasteiger charge is -2.18. The van der Waals surface area contributed by atoms with Gasteiger partial charge in [-0.3, -0.25) is 18.6 Å². The van der Waals surface area contributed by atoms with E-state index in [0.29, 0.717) is 12.8 Å². The van der Waals surface area contributed by atoms with Crippen molar-refractivity contribution in [2.75, 3.05) is 19.8 Å². The minimum Gasteiger partial charge on any atom is -0.480 e. The van der Waals surface area contributed by atoms with Gasteiger partial charge in [-0.1, -0.05) is 120 Å². The molecule has 300 valence electrons. The van der Waals surface area contributed by atoms with E-state index >= 15 is 0 Å². The lowest BCUT2D eigenvalue weighted by molar-refractivity contribution is -0.147. The van der Waals surface area contributed by atoms with Crippen molar-refractivity contribution in [3.8, 4) is 0 Å². The molecule has 3 unspecified atom stereocenters. The highest BCUT2D eigenvalue weighted by molar-refractivity contribution is 7.47. The van der Waals surface area contributed by atoms with Crippen LogP contribution in [-0.4, -0.2) is 64.9 Å². The van der Waals surface area contributed by atoms with Crippen LogP contribution >= 0.6 is 7.82 Å². The SMILES string of the molecule is CC/C=C\C/C=C\C/C=C\CCCCCC(=O)OCC(O)COP(=O)(O)OCC(NC(=O)CCCCCCC/C=C\CCCCCCCC)C(=O)O. The number of unbranched alkanes of at least 4 members (excludes halogenated alkanes) is 14. The third-order valence-electron chi connectivity index (χ3n) is 8.10. The van der Waals surface area contributed by atoms with E-state index in [-0.39, 0.29) is 12.8 Å². The Morgan fingerprint density at radius 3 is 1.71 bits per heavy atom. The molecule has 0 bridgehead atoms. The number of aliphatic carboxylic acids is 1. The molecule has 0 aliphatic heterocycles. The van der Waals surface area contributed by atoms with Crippen LogP contribution < -0.4 is 5.32 Å². The van der Waals surface area contributed by atoms with E-state index in [1.165, 1.54) is 38.5 Å². The number of carbonyl (C=O) groups is 3. The highest BCUT2D eigenvalue weighted by Gasteiger charge is 2.28. The van der Waals surface area contributed by atoms with Gasteiger partial charge in [0.05, 0.1) is 13.2 Å². The summed E-state index contributed by atoms with van der Waals surface area (Å²) < 4.78 is 26.7. The van der Waals surface area contributed by atoms with E-state index in [0.717, 1.165) is 77.0 Å². The summed E-state index contributed by atoms with van der Waals surface area (Å²) >= 11 is 0. The zero-order valence-electron chi connectivity index (χ0n) is 32.1. The van der Waals surface area contributed by atoms with Crippen molar-refractivity contribution in [2.45, 2.75) is 167 Å². The number of hydrogen-bond donors (Lipinski definition) is 4. The summed E-state index contributed by atoms with van der Waals surface area (Å²) in [5.41, 5.74) is 0. The number of hydrogen-bond acceptors (Lipinski definition) is 8. The third-order valence-corrected chi connectivity index (χ3v) is 9.05. The maximum Gasteiger partial charge on any atom is 0.472 e. The van der Waals surface area contributed by atoms with Gasteiger partial charge in [0.1, 0.15) is 12.7 Å². The van der Waals surface area contributed by atoms with E-state index in [1.807, 2.05) is 0 Å². The van der Waals surface area contributed by atoms with Crippen molar-refractivity contribution < 1.29 is 47.8 Å². The van der Waals surface area contributed by atoms with Crippen molar-refractivity contribution in [2.24, 2.45) is 0 Å². The number of carbonyl (C=O) groups excluding carboxylic acids is 2. The molecule has 0 aromatic heterocycles. The molecule has 4 N–H and O–H groups in total. The van der Waals surface area contributed by atoms with Gasteiger partial charge in [0.25, 0.3) is 0 Å². The summed E-state index contributed by atoms with van der Waals surface area (Å²) in [5.74, 6) is -2.42. The summed E-state index contributed by atoms with van der Waals surface area (Å²) in [6, 6.07) is -1.55. The molecule has 0 saturated carbocycles. The van der Waals surface area contributed by atoms with Crippen LogP contribution in [0, 0.1) is 0 Å². The van der Waals surface area contributed by atoms with Crippen molar-refractivity contribution in [1.82, 2.24) is 5.32 Å². The molecular formula is C40H70NO10P. The molecule has 0 radical (unpaired) electrons. The number of ether oxygens (including phenoxy) is 1. The van der Waals surface area contributed by atoms with E-state index < -0.39 is 57.6 Å². The van der Waals surface area contributed by atoms with Gasteiger partial charge in [0.2, 0.25) is 5.91 Å². The monoisotopic (exact) mass is 755 g/mol. The predicted octanol–water partition coefficient (Wildman–Crippen LogP) is 9.44. The van der Waals surface area contributed by atoms with Gasteiger partial charge in [0, 0.05) is 12.8 Å². The summed E-state index contributed by atoms with van der Waals surface area (Å²) in [6.07, 6.45) is 37.1. The third kappa shape index (κ3) is 34.5. The molecule has 0 rings (SSSR count). The number of esters is 1. The number of rotatable bonds is 36.